The molecule has 1 fully saturated rings. The van der Waals surface area contributed by atoms with Crippen LogP contribution in [-0.2, 0) is 0 Å². The van der Waals surface area contributed by atoms with Crippen molar-refractivity contribution in [3.05, 3.63) is 32.7 Å². The van der Waals surface area contributed by atoms with Crippen molar-refractivity contribution in [2.24, 2.45) is 0 Å². The van der Waals surface area contributed by atoms with Crippen LogP contribution >= 0.6 is 31.9 Å². The molecule has 1 aromatic carbocycles. The third-order valence-corrected chi connectivity index (χ3v) is 5.63. The largest absolute Gasteiger partial charge is 0.314 e. The number of hydrogen-bond donors (Lipinski definition) is 1. The molecule has 106 valence electrons. The number of halogens is 2. The highest BCUT2D eigenvalue weighted by Gasteiger charge is 2.22. The molecule has 0 unspecified atom stereocenters. The molecule has 1 N–H and O–H groups in total. The third kappa shape index (κ3) is 4.28. The van der Waals surface area contributed by atoms with Gasteiger partial charge in [-0.05, 0) is 56.0 Å². The Balaban J connectivity index is 2.17. The minimum Gasteiger partial charge on any atom is -0.314 e. The number of benzene rings is 1. The second-order valence-electron chi connectivity index (χ2n) is 5.12. The van der Waals surface area contributed by atoms with Gasteiger partial charge in [-0.2, -0.15) is 0 Å². The highest BCUT2D eigenvalue weighted by molar-refractivity contribution is 9.13. The van der Waals surface area contributed by atoms with Gasteiger partial charge in [-0.15, -0.1) is 0 Å². The fourth-order valence-electron chi connectivity index (χ4n) is 2.67. The van der Waals surface area contributed by atoms with Crippen LogP contribution < -0.4 is 5.32 Å². The first-order chi connectivity index (χ1) is 9.22. The molecule has 0 radical (unpaired) electrons. The summed E-state index contributed by atoms with van der Waals surface area (Å²) >= 11 is 7.19. The van der Waals surface area contributed by atoms with Crippen LogP contribution in [0, 0.1) is 0 Å². The highest BCUT2D eigenvalue weighted by atomic mass is 79.9. The number of nitrogens with one attached hydrogen (secondary N) is 1. The summed E-state index contributed by atoms with van der Waals surface area (Å²) in [6, 6.07) is 7.25. The average molecular weight is 390 g/mol. The number of hydrogen-bond acceptors (Lipinski definition) is 2. The second kappa shape index (κ2) is 7.77. The summed E-state index contributed by atoms with van der Waals surface area (Å²) in [6.45, 7) is 6.80. The molecule has 1 aliphatic heterocycles. The van der Waals surface area contributed by atoms with Gasteiger partial charge in [-0.3, -0.25) is 4.90 Å². The van der Waals surface area contributed by atoms with E-state index in [4.69, 9.17) is 0 Å². The summed E-state index contributed by atoms with van der Waals surface area (Å²) in [5.74, 6) is 0. The molecule has 1 atom stereocenters. The normalized spacial score (nSPS) is 18.5. The van der Waals surface area contributed by atoms with E-state index in [0.29, 0.717) is 6.04 Å². The number of nitrogens with zero attached hydrogens (tertiary/aromatic N) is 1. The van der Waals surface area contributed by atoms with Gasteiger partial charge >= 0.3 is 0 Å². The zero-order valence-corrected chi connectivity index (χ0v) is 14.6. The SMILES string of the molecule is CCCC[C@@H](c1ccc(Br)c(Br)c1)N1CCNCC1. The maximum atomic E-state index is 3.63. The fourth-order valence-corrected chi connectivity index (χ4v) is 3.31. The van der Waals surface area contributed by atoms with E-state index in [1.807, 2.05) is 0 Å². The Labute approximate surface area is 133 Å². The Morgan fingerprint density at radius 1 is 1.21 bits per heavy atom. The van der Waals surface area contributed by atoms with Crippen molar-refractivity contribution in [3.8, 4) is 0 Å². The van der Waals surface area contributed by atoms with Gasteiger partial charge in [0.05, 0.1) is 0 Å². The first-order valence-corrected chi connectivity index (χ1v) is 8.70. The zero-order valence-electron chi connectivity index (χ0n) is 11.5. The molecule has 1 saturated heterocycles. The topological polar surface area (TPSA) is 15.3 Å². The summed E-state index contributed by atoms with van der Waals surface area (Å²) < 4.78 is 2.28. The quantitative estimate of drug-likeness (QED) is 0.805. The van der Waals surface area contributed by atoms with E-state index in [1.54, 1.807) is 0 Å². The minimum atomic E-state index is 0.562. The lowest BCUT2D eigenvalue weighted by molar-refractivity contribution is 0.163. The van der Waals surface area contributed by atoms with Crippen LogP contribution in [0.15, 0.2) is 27.1 Å². The van der Waals surface area contributed by atoms with Crippen LogP contribution in [0.25, 0.3) is 0 Å². The summed E-state index contributed by atoms with van der Waals surface area (Å²) in [7, 11) is 0. The maximum Gasteiger partial charge on any atom is 0.0349 e. The van der Waals surface area contributed by atoms with Crippen molar-refractivity contribution in [1.29, 1.82) is 0 Å². The van der Waals surface area contributed by atoms with E-state index in [9.17, 15) is 0 Å². The molecule has 2 rings (SSSR count). The average Bonchev–Trinajstić information content (AvgIpc) is 2.44. The first-order valence-electron chi connectivity index (χ1n) is 7.12. The third-order valence-electron chi connectivity index (χ3n) is 3.75. The van der Waals surface area contributed by atoms with Gasteiger partial charge in [-0.25, -0.2) is 0 Å². The molecule has 2 nitrogen and oxygen atoms in total. The van der Waals surface area contributed by atoms with Crippen molar-refractivity contribution in [2.75, 3.05) is 26.2 Å². The van der Waals surface area contributed by atoms with E-state index in [1.165, 1.54) is 24.8 Å². The van der Waals surface area contributed by atoms with E-state index in [2.05, 4.69) is 67.2 Å². The van der Waals surface area contributed by atoms with Gasteiger partial charge in [0, 0.05) is 41.2 Å². The van der Waals surface area contributed by atoms with Crippen LogP contribution in [0.4, 0.5) is 0 Å². The lowest BCUT2D eigenvalue weighted by Gasteiger charge is -2.35. The van der Waals surface area contributed by atoms with Gasteiger partial charge in [0.1, 0.15) is 0 Å². The van der Waals surface area contributed by atoms with Gasteiger partial charge in [0.25, 0.3) is 0 Å². The van der Waals surface area contributed by atoms with Crippen molar-refractivity contribution in [3.63, 3.8) is 0 Å². The van der Waals surface area contributed by atoms with Crippen LogP contribution in [0.1, 0.15) is 37.8 Å². The Morgan fingerprint density at radius 2 is 1.95 bits per heavy atom. The van der Waals surface area contributed by atoms with E-state index in [-0.39, 0.29) is 0 Å². The first kappa shape index (κ1) is 15.5. The molecule has 0 bridgehead atoms. The number of rotatable bonds is 5. The lowest BCUT2D eigenvalue weighted by Crippen LogP contribution is -2.45. The maximum absolute atomic E-state index is 3.63. The van der Waals surface area contributed by atoms with Crippen molar-refractivity contribution in [1.82, 2.24) is 10.2 Å². The molecular weight excluding hydrogens is 368 g/mol. The molecule has 0 amide bonds. The Kier molecular flexibility index (Phi) is 6.33. The summed E-state index contributed by atoms with van der Waals surface area (Å²) in [5, 5.41) is 3.44. The van der Waals surface area contributed by atoms with E-state index < -0.39 is 0 Å². The van der Waals surface area contributed by atoms with Crippen molar-refractivity contribution >= 4 is 31.9 Å². The summed E-state index contributed by atoms with van der Waals surface area (Å²) in [4.78, 5) is 2.63. The van der Waals surface area contributed by atoms with Crippen molar-refractivity contribution in [2.45, 2.75) is 32.2 Å². The zero-order chi connectivity index (χ0) is 13.7. The second-order valence-corrected chi connectivity index (χ2v) is 6.83. The predicted molar refractivity (Wildman–Crippen MR) is 88.6 cm³/mol. The Hall–Kier alpha value is 0.1000. The molecule has 0 saturated carbocycles. The molecule has 0 aromatic heterocycles. The van der Waals surface area contributed by atoms with Gasteiger partial charge < -0.3 is 5.32 Å². The van der Waals surface area contributed by atoms with Crippen LogP contribution in [0.2, 0.25) is 0 Å². The minimum absolute atomic E-state index is 0.562. The van der Waals surface area contributed by atoms with E-state index >= 15 is 0 Å². The smallest absolute Gasteiger partial charge is 0.0349 e. The molecule has 19 heavy (non-hydrogen) atoms. The van der Waals surface area contributed by atoms with Crippen molar-refractivity contribution < 1.29 is 0 Å². The number of unbranched alkanes of at least 4 members (excludes halogenated alkanes) is 1. The molecular formula is C15H22Br2N2. The van der Waals surface area contributed by atoms with E-state index in [0.717, 1.165) is 35.1 Å². The van der Waals surface area contributed by atoms with Gasteiger partial charge in [-0.1, -0.05) is 25.8 Å². The van der Waals surface area contributed by atoms with Gasteiger partial charge in [0.2, 0.25) is 0 Å². The fraction of sp³-hybridized carbons (Fsp3) is 0.600. The van der Waals surface area contributed by atoms with Crippen LogP contribution in [0.3, 0.4) is 0 Å². The standard InChI is InChI=1S/C15H22Br2N2/c1-2-3-4-15(19-9-7-18-8-10-19)12-5-6-13(16)14(17)11-12/h5-6,11,15,18H,2-4,7-10H2,1H3/t15-/m0/s1. The molecule has 4 heteroatoms. The Bertz CT molecular complexity index is 403. The molecule has 1 heterocycles. The van der Waals surface area contributed by atoms with Crippen LogP contribution in [-0.4, -0.2) is 31.1 Å². The molecule has 0 spiro atoms. The van der Waals surface area contributed by atoms with Crippen LogP contribution in [0.5, 0.6) is 0 Å². The Morgan fingerprint density at radius 3 is 2.58 bits per heavy atom. The molecule has 1 aromatic rings. The molecule has 0 aliphatic carbocycles. The number of piperazine rings is 1. The monoisotopic (exact) mass is 388 g/mol. The summed E-state index contributed by atoms with van der Waals surface area (Å²) in [6.07, 6.45) is 3.81. The summed E-state index contributed by atoms with van der Waals surface area (Å²) in [5.41, 5.74) is 1.44. The van der Waals surface area contributed by atoms with Gasteiger partial charge in [0.15, 0.2) is 0 Å². The predicted octanol–water partition coefficient (Wildman–Crippen LogP) is 4.35. The molecule has 1 aliphatic rings. The highest BCUT2D eigenvalue weighted by Crippen LogP contribution is 2.31. The lowest BCUT2D eigenvalue weighted by atomic mass is 9.99.